The number of nitrogens with zero attached hydrogens (tertiary/aromatic N) is 4. The van der Waals surface area contributed by atoms with E-state index in [2.05, 4.69) is 227 Å². The number of hydrogen-bond acceptors (Lipinski definition) is 2. The number of fused-ring (bicyclic) bond motifs is 8. The molecule has 4 nitrogen and oxygen atoms in total. The van der Waals surface area contributed by atoms with Crippen LogP contribution in [0.15, 0.2) is 194 Å². The van der Waals surface area contributed by atoms with Gasteiger partial charge in [-0.25, -0.2) is 0 Å². The Labute approximate surface area is 343 Å². The quantitative estimate of drug-likeness (QED) is 0.168. The fourth-order valence-electron chi connectivity index (χ4n) is 9.84. The fourth-order valence-corrected chi connectivity index (χ4v) is 9.84. The summed E-state index contributed by atoms with van der Waals surface area (Å²) in [6, 6.07) is 71.6. The van der Waals surface area contributed by atoms with E-state index in [0.29, 0.717) is 0 Å². The van der Waals surface area contributed by atoms with Crippen molar-refractivity contribution in [1.29, 1.82) is 0 Å². The molecule has 2 heterocycles. The lowest BCUT2D eigenvalue weighted by Gasteiger charge is -2.30. The van der Waals surface area contributed by atoms with Crippen LogP contribution in [-0.4, -0.2) is 23.2 Å². The lowest BCUT2D eigenvalue weighted by atomic mass is 9.83. The number of benzene rings is 9. The second kappa shape index (κ2) is 13.0. The second-order valence-corrected chi connectivity index (χ2v) is 16.0. The average molecular weight is 757 g/mol. The van der Waals surface area contributed by atoms with E-state index in [4.69, 9.17) is 0 Å². The van der Waals surface area contributed by atoms with Crippen molar-refractivity contribution in [2.75, 3.05) is 23.9 Å². The minimum absolute atomic E-state index is 0.908. The Kier molecular flexibility index (Phi) is 7.39. The number of para-hydroxylation sites is 4. The summed E-state index contributed by atoms with van der Waals surface area (Å²) < 4.78 is 4.78. The van der Waals surface area contributed by atoms with Crippen LogP contribution < -0.4 is 9.80 Å². The van der Waals surface area contributed by atoms with E-state index >= 15 is 0 Å². The number of aromatic nitrogens is 2. The van der Waals surface area contributed by atoms with Crippen LogP contribution in [-0.2, 0) is 6.42 Å². The van der Waals surface area contributed by atoms with Crippen molar-refractivity contribution >= 4 is 77.1 Å². The van der Waals surface area contributed by atoms with Gasteiger partial charge < -0.3 is 18.9 Å². The molecule has 1 aliphatic carbocycles. The maximum atomic E-state index is 2.44. The Balaban J connectivity index is 1.04. The summed E-state index contributed by atoms with van der Waals surface area (Å²) in [4.78, 5) is 4.63. The topological polar surface area (TPSA) is 16.3 Å². The summed E-state index contributed by atoms with van der Waals surface area (Å²) in [5.74, 6) is 0. The molecule has 0 bridgehead atoms. The molecule has 0 spiro atoms. The van der Waals surface area contributed by atoms with Crippen LogP contribution in [0.2, 0.25) is 0 Å². The minimum Gasteiger partial charge on any atom is -0.378 e. The van der Waals surface area contributed by atoms with Gasteiger partial charge in [0.15, 0.2) is 0 Å². The van der Waals surface area contributed by atoms with Gasteiger partial charge in [0, 0.05) is 69.5 Å². The molecule has 0 N–H and O–H groups in total. The molecular weight excluding hydrogens is 717 g/mol. The van der Waals surface area contributed by atoms with Crippen molar-refractivity contribution in [2.45, 2.75) is 6.42 Å². The third-order valence-electron chi connectivity index (χ3n) is 12.5. The van der Waals surface area contributed by atoms with E-state index in [9.17, 15) is 0 Å². The van der Waals surface area contributed by atoms with Crippen molar-refractivity contribution in [3.05, 3.63) is 205 Å². The number of anilines is 4. The normalized spacial score (nSPS) is 12.2. The largest absolute Gasteiger partial charge is 0.378 e. The van der Waals surface area contributed by atoms with E-state index in [1.165, 1.54) is 82.3 Å². The van der Waals surface area contributed by atoms with Gasteiger partial charge in [-0.1, -0.05) is 103 Å². The highest BCUT2D eigenvalue weighted by Gasteiger charge is 2.24. The molecule has 0 aliphatic heterocycles. The van der Waals surface area contributed by atoms with Crippen molar-refractivity contribution in [1.82, 2.24) is 9.13 Å². The zero-order chi connectivity index (χ0) is 39.2. The molecule has 0 atom stereocenters. The minimum atomic E-state index is 0.908. The number of rotatable bonds is 6. The molecule has 0 fully saturated rings. The maximum absolute atomic E-state index is 2.44. The first-order valence-corrected chi connectivity index (χ1v) is 20.4. The maximum Gasteiger partial charge on any atom is 0.0541 e. The lowest BCUT2D eigenvalue weighted by Crippen LogP contribution is -2.12. The van der Waals surface area contributed by atoms with Gasteiger partial charge in [0.05, 0.1) is 27.8 Å². The molecule has 11 aromatic rings. The van der Waals surface area contributed by atoms with Crippen LogP contribution in [0.25, 0.3) is 76.9 Å². The Morgan fingerprint density at radius 2 is 0.814 bits per heavy atom. The molecular formula is C55H40N4. The molecule has 1 aliphatic rings. The molecule has 12 rings (SSSR count). The monoisotopic (exact) mass is 756 g/mol. The zero-order valence-corrected chi connectivity index (χ0v) is 33.0. The van der Waals surface area contributed by atoms with Gasteiger partial charge in [0.1, 0.15) is 0 Å². The molecule has 59 heavy (non-hydrogen) atoms. The lowest BCUT2D eigenvalue weighted by molar-refractivity contribution is 1.11. The van der Waals surface area contributed by atoms with E-state index in [-0.39, 0.29) is 0 Å². The first-order valence-electron chi connectivity index (χ1n) is 20.4. The van der Waals surface area contributed by atoms with Crippen molar-refractivity contribution < 1.29 is 0 Å². The van der Waals surface area contributed by atoms with E-state index in [1.54, 1.807) is 0 Å². The van der Waals surface area contributed by atoms with E-state index in [1.807, 2.05) is 0 Å². The number of hydrogen-bond donors (Lipinski definition) is 0. The van der Waals surface area contributed by atoms with Gasteiger partial charge >= 0.3 is 0 Å². The first kappa shape index (κ1) is 33.6. The zero-order valence-electron chi connectivity index (χ0n) is 33.0. The first-order chi connectivity index (χ1) is 29.1. The summed E-state index contributed by atoms with van der Waals surface area (Å²) in [6.45, 7) is 0. The molecule has 280 valence electrons. The third kappa shape index (κ3) is 5.09. The highest BCUT2D eigenvalue weighted by molar-refractivity contribution is 6.12. The van der Waals surface area contributed by atoms with Crippen LogP contribution in [0.5, 0.6) is 0 Å². The Bertz CT molecular complexity index is 3180. The fraction of sp³-hybridized carbons (Fsp3) is 0.0545. The van der Waals surface area contributed by atoms with Gasteiger partial charge in [0.2, 0.25) is 0 Å². The Morgan fingerprint density at radius 1 is 0.373 bits per heavy atom. The molecule has 0 radical (unpaired) electrons. The smallest absolute Gasteiger partial charge is 0.0541 e. The summed E-state index contributed by atoms with van der Waals surface area (Å²) in [5, 5.41) is 7.64. The predicted molar refractivity (Wildman–Crippen MR) is 250 cm³/mol. The highest BCUT2D eigenvalue weighted by atomic mass is 15.1. The summed E-state index contributed by atoms with van der Waals surface area (Å²) in [6.07, 6.45) is 0.908. The van der Waals surface area contributed by atoms with E-state index in [0.717, 1.165) is 34.9 Å². The van der Waals surface area contributed by atoms with Crippen LogP contribution in [0, 0.1) is 0 Å². The predicted octanol–water partition coefficient (Wildman–Crippen LogP) is 14.1. The molecule has 0 unspecified atom stereocenters. The van der Waals surface area contributed by atoms with Crippen molar-refractivity contribution in [3.63, 3.8) is 0 Å². The van der Waals surface area contributed by atoms with Gasteiger partial charge in [-0.15, -0.1) is 0 Å². The summed E-state index contributed by atoms with van der Waals surface area (Å²) in [5.41, 5.74) is 17.1. The molecule has 2 aromatic heterocycles. The van der Waals surface area contributed by atoms with E-state index < -0.39 is 0 Å². The van der Waals surface area contributed by atoms with Crippen LogP contribution in [0.3, 0.4) is 0 Å². The molecule has 4 heteroatoms. The van der Waals surface area contributed by atoms with Gasteiger partial charge in [-0.2, -0.15) is 0 Å². The average Bonchev–Trinajstić information content (AvgIpc) is 3.81. The Hall–Kier alpha value is -7.56. The molecule has 0 amide bonds. The Morgan fingerprint density at radius 3 is 1.31 bits per heavy atom. The van der Waals surface area contributed by atoms with Gasteiger partial charge in [-0.05, 0) is 125 Å². The molecule has 0 saturated carbocycles. The highest BCUT2D eigenvalue weighted by Crippen LogP contribution is 2.47. The van der Waals surface area contributed by atoms with Crippen LogP contribution >= 0.6 is 0 Å². The SMILES string of the molecule is CN(C)c1ccc2c(c1)Cc1cccc3c(N(c4ccc(-n5c6ccccc6c6ccccc65)cc4)c4ccc(-n5c6ccccc6c6ccccc65)cc4)ccc-2c13. The summed E-state index contributed by atoms with van der Waals surface area (Å²) in [7, 11) is 4.23. The molecule has 9 aromatic carbocycles. The summed E-state index contributed by atoms with van der Waals surface area (Å²) >= 11 is 0. The van der Waals surface area contributed by atoms with Crippen LogP contribution in [0.1, 0.15) is 11.1 Å². The third-order valence-corrected chi connectivity index (χ3v) is 12.5. The van der Waals surface area contributed by atoms with Crippen molar-refractivity contribution in [2.24, 2.45) is 0 Å². The molecule has 0 saturated heterocycles. The van der Waals surface area contributed by atoms with Gasteiger partial charge in [-0.3, -0.25) is 0 Å². The standard InChI is InChI=1S/C55H40N4/c1-56(2)42-30-31-43-37(35-42)34-36-12-11-17-49-54(33-32-48(43)55(36)49)57(38-22-26-40(27-23-38)58-50-18-7-3-13-44(50)45-14-4-8-19-51(45)58)39-24-28-41(29-25-39)59-52-20-9-5-15-46(52)47-16-6-10-21-53(47)59/h3-33,35H,34H2,1-2H3. The van der Waals surface area contributed by atoms with Crippen LogP contribution in [0.4, 0.5) is 22.7 Å². The van der Waals surface area contributed by atoms with Crippen molar-refractivity contribution in [3.8, 4) is 22.5 Å². The second-order valence-electron chi connectivity index (χ2n) is 16.0. The van der Waals surface area contributed by atoms with Gasteiger partial charge in [0.25, 0.3) is 0 Å².